The Morgan fingerprint density at radius 3 is 2.52 bits per heavy atom. The van der Waals surface area contributed by atoms with Crippen LogP contribution in [0.4, 0.5) is 13.6 Å². The third kappa shape index (κ3) is 3.95. The van der Waals surface area contributed by atoms with E-state index in [0.717, 1.165) is 0 Å². The molecule has 2 unspecified atom stereocenters. The SMILES string of the molecule is CC(c1ccccc1F)N1CCC(CCCO)(c2ccc(F)cc2)OC1=O. The third-order valence-corrected chi connectivity index (χ3v) is 5.21. The van der Waals surface area contributed by atoms with E-state index in [0.29, 0.717) is 36.9 Å². The number of carbonyl (C=O) groups is 1. The maximum absolute atomic E-state index is 14.1. The normalized spacial score (nSPS) is 21.0. The lowest BCUT2D eigenvalue weighted by atomic mass is 9.84. The Bertz CT molecular complexity index is 796. The molecule has 1 N–H and O–H groups in total. The Hall–Kier alpha value is -2.47. The lowest BCUT2D eigenvalue weighted by Gasteiger charge is -2.43. The molecule has 4 nitrogen and oxygen atoms in total. The Kier molecular flexibility index (Phi) is 5.75. The quantitative estimate of drug-likeness (QED) is 0.807. The lowest BCUT2D eigenvalue weighted by molar-refractivity contribution is -0.0682. The van der Waals surface area contributed by atoms with Crippen molar-refractivity contribution in [1.82, 2.24) is 4.90 Å². The van der Waals surface area contributed by atoms with Gasteiger partial charge in [-0.15, -0.1) is 0 Å². The van der Waals surface area contributed by atoms with Gasteiger partial charge in [-0.2, -0.15) is 0 Å². The summed E-state index contributed by atoms with van der Waals surface area (Å²) in [6.45, 7) is 2.10. The van der Waals surface area contributed by atoms with E-state index in [1.54, 1.807) is 37.3 Å². The first-order valence-electron chi connectivity index (χ1n) is 9.08. The fourth-order valence-corrected chi connectivity index (χ4v) is 3.64. The summed E-state index contributed by atoms with van der Waals surface area (Å²) < 4.78 is 33.2. The summed E-state index contributed by atoms with van der Waals surface area (Å²) in [5.74, 6) is -0.735. The Morgan fingerprint density at radius 1 is 1.19 bits per heavy atom. The first-order chi connectivity index (χ1) is 13.0. The number of hydrogen-bond donors (Lipinski definition) is 1. The average molecular weight is 375 g/mol. The predicted octanol–water partition coefficient (Wildman–Crippen LogP) is 4.54. The summed E-state index contributed by atoms with van der Waals surface area (Å²) in [6.07, 6.45) is 0.818. The van der Waals surface area contributed by atoms with Gasteiger partial charge in [-0.25, -0.2) is 13.6 Å². The lowest BCUT2D eigenvalue weighted by Crippen LogP contribution is -2.49. The van der Waals surface area contributed by atoms with Crippen LogP contribution in [0.25, 0.3) is 0 Å². The van der Waals surface area contributed by atoms with Gasteiger partial charge in [-0.05, 0) is 43.5 Å². The number of hydrogen-bond acceptors (Lipinski definition) is 3. The standard InChI is InChI=1S/C21H23F2NO3/c1-15(18-5-2-3-6-19(18)23)24-13-12-21(11-4-14-25,27-20(24)26)16-7-9-17(22)10-8-16/h2-3,5-10,15,25H,4,11-14H2,1H3. The summed E-state index contributed by atoms with van der Waals surface area (Å²) in [5.41, 5.74) is 0.210. The molecular weight excluding hydrogens is 352 g/mol. The molecule has 1 aliphatic heterocycles. The van der Waals surface area contributed by atoms with Gasteiger partial charge in [-0.3, -0.25) is 0 Å². The second kappa shape index (κ2) is 8.05. The van der Waals surface area contributed by atoms with Crippen LogP contribution in [-0.4, -0.2) is 29.3 Å². The molecule has 1 saturated heterocycles. The zero-order chi connectivity index (χ0) is 19.4. The van der Waals surface area contributed by atoms with Crippen LogP contribution in [0, 0.1) is 11.6 Å². The minimum absolute atomic E-state index is 0.0319. The van der Waals surface area contributed by atoms with Crippen LogP contribution in [-0.2, 0) is 10.3 Å². The minimum atomic E-state index is -0.918. The molecule has 0 spiro atoms. The van der Waals surface area contributed by atoms with Crippen molar-refractivity contribution in [2.45, 2.75) is 37.8 Å². The van der Waals surface area contributed by atoms with Crippen molar-refractivity contribution >= 4 is 6.09 Å². The molecule has 0 aromatic heterocycles. The number of aliphatic hydroxyl groups excluding tert-OH is 1. The molecule has 0 radical (unpaired) electrons. The molecule has 2 aromatic carbocycles. The van der Waals surface area contributed by atoms with Gasteiger partial charge in [0.05, 0.1) is 6.04 Å². The highest BCUT2D eigenvalue weighted by molar-refractivity contribution is 5.70. The molecule has 1 fully saturated rings. The molecule has 144 valence electrons. The summed E-state index contributed by atoms with van der Waals surface area (Å²) in [6, 6.07) is 11.8. The molecule has 0 bridgehead atoms. The minimum Gasteiger partial charge on any atom is -0.438 e. The van der Waals surface area contributed by atoms with Gasteiger partial charge in [0.2, 0.25) is 0 Å². The maximum Gasteiger partial charge on any atom is 0.411 e. The second-order valence-corrected chi connectivity index (χ2v) is 6.84. The van der Waals surface area contributed by atoms with E-state index in [1.165, 1.54) is 23.1 Å². The Morgan fingerprint density at radius 2 is 1.89 bits per heavy atom. The van der Waals surface area contributed by atoms with Gasteiger partial charge >= 0.3 is 6.09 Å². The van der Waals surface area contributed by atoms with Gasteiger partial charge < -0.3 is 14.7 Å². The first-order valence-corrected chi connectivity index (χ1v) is 9.08. The molecular formula is C21H23F2NO3. The molecule has 0 saturated carbocycles. The Labute approximate surface area is 157 Å². The summed E-state index contributed by atoms with van der Waals surface area (Å²) >= 11 is 0. The molecule has 0 aliphatic carbocycles. The number of carbonyl (C=O) groups excluding carboxylic acids is 1. The third-order valence-electron chi connectivity index (χ3n) is 5.21. The van der Waals surface area contributed by atoms with Crippen molar-refractivity contribution in [3.63, 3.8) is 0 Å². The molecule has 3 rings (SSSR count). The van der Waals surface area contributed by atoms with Crippen LogP contribution in [0.2, 0.25) is 0 Å². The number of cyclic esters (lactones) is 1. The summed E-state index contributed by atoms with van der Waals surface area (Å²) in [5, 5.41) is 9.24. The number of amides is 1. The van der Waals surface area contributed by atoms with Gasteiger partial charge in [0, 0.05) is 25.1 Å². The van der Waals surface area contributed by atoms with E-state index in [2.05, 4.69) is 0 Å². The molecule has 6 heteroatoms. The molecule has 2 aromatic rings. The van der Waals surface area contributed by atoms with Gasteiger partial charge in [0.15, 0.2) is 0 Å². The van der Waals surface area contributed by atoms with Gasteiger partial charge in [0.1, 0.15) is 17.2 Å². The number of benzene rings is 2. The van der Waals surface area contributed by atoms with E-state index in [9.17, 15) is 18.7 Å². The predicted molar refractivity (Wildman–Crippen MR) is 97.0 cm³/mol. The van der Waals surface area contributed by atoms with Crippen LogP contribution >= 0.6 is 0 Å². The van der Waals surface area contributed by atoms with Crippen molar-refractivity contribution < 1.29 is 23.4 Å². The average Bonchev–Trinajstić information content (AvgIpc) is 2.67. The van der Waals surface area contributed by atoms with Crippen LogP contribution in [0.3, 0.4) is 0 Å². The van der Waals surface area contributed by atoms with Crippen LogP contribution in [0.1, 0.15) is 43.4 Å². The number of halogens is 2. The van der Waals surface area contributed by atoms with Crippen LogP contribution < -0.4 is 0 Å². The molecule has 1 aliphatic rings. The van der Waals surface area contributed by atoms with Crippen molar-refractivity contribution in [3.05, 3.63) is 71.3 Å². The summed E-state index contributed by atoms with van der Waals surface area (Å²) in [4.78, 5) is 14.3. The molecule has 2 atom stereocenters. The monoisotopic (exact) mass is 375 g/mol. The highest BCUT2D eigenvalue weighted by Gasteiger charge is 2.43. The fraction of sp³-hybridized carbons (Fsp3) is 0.381. The van der Waals surface area contributed by atoms with Gasteiger partial charge in [-0.1, -0.05) is 30.3 Å². The molecule has 27 heavy (non-hydrogen) atoms. The van der Waals surface area contributed by atoms with E-state index >= 15 is 0 Å². The molecule has 1 heterocycles. The van der Waals surface area contributed by atoms with E-state index in [1.807, 2.05) is 0 Å². The number of ether oxygens (including phenoxy) is 1. The van der Waals surface area contributed by atoms with Crippen LogP contribution in [0.15, 0.2) is 48.5 Å². The van der Waals surface area contributed by atoms with Gasteiger partial charge in [0.25, 0.3) is 0 Å². The highest BCUT2D eigenvalue weighted by Crippen LogP contribution is 2.40. The van der Waals surface area contributed by atoms with E-state index in [4.69, 9.17) is 4.74 Å². The van der Waals surface area contributed by atoms with E-state index in [-0.39, 0.29) is 18.2 Å². The number of aliphatic hydroxyl groups is 1. The Balaban J connectivity index is 1.84. The maximum atomic E-state index is 14.1. The van der Waals surface area contributed by atoms with Crippen molar-refractivity contribution in [3.8, 4) is 0 Å². The number of rotatable bonds is 6. The fourth-order valence-electron chi connectivity index (χ4n) is 3.64. The highest BCUT2D eigenvalue weighted by atomic mass is 19.1. The topological polar surface area (TPSA) is 49.8 Å². The smallest absolute Gasteiger partial charge is 0.411 e. The zero-order valence-electron chi connectivity index (χ0n) is 15.2. The van der Waals surface area contributed by atoms with E-state index < -0.39 is 17.7 Å². The second-order valence-electron chi connectivity index (χ2n) is 6.84. The van der Waals surface area contributed by atoms with Crippen molar-refractivity contribution in [2.75, 3.05) is 13.2 Å². The number of nitrogens with zero attached hydrogens (tertiary/aromatic N) is 1. The largest absolute Gasteiger partial charge is 0.438 e. The zero-order valence-corrected chi connectivity index (χ0v) is 15.2. The first kappa shape index (κ1) is 19.3. The van der Waals surface area contributed by atoms with Crippen molar-refractivity contribution in [1.29, 1.82) is 0 Å². The van der Waals surface area contributed by atoms with Crippen molar-refractivity contribution in [2.24, 2.45) is 0 Å². The molecule has 1 amide bonds. The van der Waals surface area contributed by atoms with Crippen LogP contribution in [0.5, 0.6) is 0 Å². The summed E-state index contributed by atoms with van der Waals surface area (Å²) in [7, 11) is 0.